The van der Waals surface area contributed by atoms with Crippen LogP contribution in [-0.2, 0) is 17.8 Å². The molecule has 0 fully saturated rings. The normalized spacial score (nSPS) is 10.9. The molecule has 0 saturated carbocycles. The zero-order valence-corrected chi connectivity index (χ0v) is 19.7. The molecule has 10 nitrogen and oxygen atoms in total. The van der Waals surface area contributed by atoms with E-state index in [0.29, 0.717) is 5.69 Å². The number of amides is 2. The first-order valence-electron chi connectivity index (χ1n) is 11.0. The van der Waals surface area contributed by atoms with Gasteiger partial charge in [-0.2, -0.15) is 13.9 Å². The highest BCUT2D eigenvalue weighted by Gasteiger charge is 2.21. The maximum absolute atomic E-state index is 14.9. The maximum atomic E-state index is 14.9. The van der Waals surface area contributed by atoms with Gasteiger partial charge in [0, 0.05) is 30.1 Å². The van der Waals surface area contributed by atoms with Crippen molar-refractivity contribution in [3.05, 3.63) is 83.4 Å². The van der Waals surface area contributed by atoms with E-state index in [9.17, 15) is 27.2 Å². The number of imidazole rings is 1. The van der Waals surface area contributed by atoms with E-state index in [2.05, 4.69) is 30.6 Å². The van der Waals surface area contributed by atoms with Crippen LogP contribution in [0, 0.1) is 11.6 Å². The van der Waals surface area contributed by atoms with Crippen molar-refractivity contribution in [3.63, 3.8) is 0 Å². The van der Waals surface area contributed by atoms with Crippen LogP contribution in [0.4, 0.5) is 23.5 Å². The Bertz CT molecular complexity index is 1400. The summed E-state index contributed by atoms with van der Waals surface area (Å²) in [6.45, 7) is -2.87. The second kappa shape index (κ2) is 11.5. The number of anilines is 1. The van der Waals surface area contributed by atoms with Crippen LogP contribution < -0.4 is 20.1 Å². The summed E-state index contributed by atoms with van der Waals surface area (Å²) in [5.41, 5.74) is 0.205. The second-order valence-corrected chi connectivity index (χ2v) is 7.76. The Morgan fingerprint density at radius 2 is 1.79 bits per heavy atom. The van der Waals surface area contributed by atoms with Crippen LogP contribution in [0.1, 0.15) is 21.7 Å². The van der Waals surface area contributed by atoms with E-state index >= 15 is 0 Å². The summed E-state index contributed by atoms with van der Waals surface area (Å²) in [6.07, 6.45) is 2.46. The molecule has 0 spiro atoms. The second-order valence-electron chi connectivity index (χ2n) is 7.76. The van der Waals surface area contributed by atoms with Gasteiger partial charge in [-0.25, -0.2) is 13.8 Å². The molecule has 0 atom stereocenters. The predicted molar refractivity (Wildman–Crippen MR) is 125 cm³/mol. The standard InChI is InChI=1S/C24H20F4N6O4/c1-37-17-9-18(25)21(19(26)10-17)34-12-15(8-20(35)29-11-14-6-7-30-33-14)31-24(34)32-22(36)13-2-4-16(5-3-13)38-23(27)28/h2-7,9-10,12,23H,8,11H2,1H3,(H,29,35)(H,30,33)(H,31,32,36). The molecule has 0 saturated heterocycles. The van der Waals surface area contributed by atoms with Gasteiger partial charge in [-0.15, -0.1) is 0 Å². The number of hydrogen-bond donors (Lipinski definition) is 3. The van der Waals surface area contributed by atoms with E-state index in [1.54, 1.807) is 6.07 Å². The van der Waals surface area contributed by atoms with Crippen LogP contribution in [0.5, 0.6) is 11.5 Å². The van der Waals surface area contributed by atoms with Gasteiger partial charge in [-0.1, -0.05) is 0 Å². The molecule has 0 radical (unpaired) electrons. The molecule has 4 aromatic rings. The number of halogens is 4. The third kappa shape index (κ3) is 6.27. The highest BCUT2D eigenvalue weighted by Crippen LogP contribution is 2.27. The van der Waals surface area contributed by atoms with Gasteiger partial charge in [0.05, 0.1) is 31.5 Å². The molecular formula is C24H20F4N6O4. The molecule has 0 unspecified atom stereocenters. The zero-order chi connectivity index (χ0) is 27.2. The van der Waals surface area contributed by atoms with Crippen molar-refractivity contribution < 1.29 is 36.6 Å². The fourth-order valence-electron chi connectivity index (χ4n) is 3.43. The SMILES string of the molecule is COc1cc(F)c(-n2cc(CC(=O)NCc3ccn[nH]3)nc2NC(=O)c2ccc(OC(F)F)cc2)c(F)c1. The lowest BCUT2D eigenvalue weighted by Crippen LogP contribution is -2.24. The fourth-order valence-corrected chi connectivity index (χ4v) is 3.43. The van der Waals surface area contributed by atoms with E-state index < -0.39 is 35.7 Å². The first kappa shape index (κ1) is 26.2. The maximum Gasteiger partial charge on any atom is 0.387 e. The molecular weight excluding hydrogens is 512 g/mol. The molecule has 198 valence electrons. The number of ether oxygens (including phenoxy) is 2. The molecule has 38 heavy (non-hydrogen) atoms. The smallest absolute Gasteiger partial charge is 0.387 e. The number of nitrogens with zero attached hydrogens (tertiary/aromatic N) is 3. The van der Waals surface area contributed by atoms with Gasteiger partial charge in [0.1, 0.15) is 17.2 Å². The topological polar surface area (TPSA) is 123 Å². The summed E-state index contributed by atoms with van der Waals surface area (Å²) in [6, 6.07) is 8.32. The van der Waals surface area contributed by atoms with E-state index in [1.165, 1.54) is 31.6 Å². The van der Waals surface area contributed by atoms with Gasteiger partial charge in [0.25, 0.3) is 5.91 Å². The number of aromatic amines is 1. The first-order chi connectivity index (χ1) is 18.2. The summed E-state index contributed by atoms with van der Waals surface area (Å²) >= 11 is 0. The van der Waals surface area contributed by atoms with Crippen molar-refractivity contribution in [2.24, 2.45) is 0 Å². The van der Waals surface area contributed by atoms with E-state index in [1.807, 2.05) is 0 Å². The van der Waals surface area contributed by atoms with Gasteiger partial charge in [0.2, 0.25) is 11.9 Å². The Morgan fingerprint density at radius 1 is 1.08 bits per heavy atom. The summed E-state index contributed by atoms with van der Waals surface area (Å²) < 4.78 is 64.6. The quantitative estimate of drug-likeness (QED) is 0.268. The van der Waals surface area contributed by atoms with E-state index in [0.717, 1.165) is 28.8 Å². The number of aromatic nitrogens is 4. The number of alkyl halides is 2. The number of nitrogens with one attached hydrogen (secondary N) is 3. The highest BCUT2D eigenvalue weighted by molar-refractivity contribution is 6.03. The lowest BCUT2D eigenvalue weighted by atomic mass is 10.2. The highest BCUT2D eigenvalue weighted by atomic mass is 19.3. The number of hydrogen-bond acceptors (Lipinski definition) is 6. The minimum atomic E-state index is -3.04. The Labute approximate surface area is 212 Å². The number of methoxy groups -OCH3 is 1. The molecule has 2 amide bonds. The lowest BCUT2D eigenvalue weighted by Gasteiger charge is -2.12. The molecule has 3 N–H and O–H groups in total. The molecule has 2 aromatic carbocycles. The Morgan fingerprint density at radius 3 is 2.39 bits per heavy atom. The van der Waals surface area contributed by atoms with Crippen LogP contribution >= 0.6 is 0 Å². The van der Waals surface area contributed by atoms with Crippen molar-refractivity contribution in [1.82, 2.24) is 25.1 Å². The van der Waals surface area contributed by atoms with Gasteiger partial charge in [-0.3, -0.25) is 24.6 Å². The first-order valence-corrected chi connectivity index (χ1v) is 11.0. The van der Waals surface area contributed by atoms with Gasteiger partial charge in [-0.05, 0) is 30.3 Å². The lowest BCUT2D eigenvalue weighted by molar-refractivity contribution is -0.120. The minimum absolute atomic E-state index is 0.0238. The predicted octanol–water partition coefficient (Wildman–Crippen LogP) is 3.59. The number of carbonyl (C=O) groups excluding carboxylic acids is 2. The van der Waals surface area contributed by atoms with E-state index in [-0.39, 0.29) is 41.7 Å². The molecule has 0 aliphatic rings. The molecule has 2 heterocycles. The van der Waals surface area contributed by atoms with Gasteiger partial charge >= 0.3 is 6.61 Å². The van der Waals surface area contributed by atoms with Crippen molar-refractivity contribution in [2.45, 2.75) is 19.6 Å². The molecule has 0 aliphatic carbocycles. The number of H-pyrrole nitrogens is 1. The third-order valence-corrected chi connectivity index (χ3v) is 5.17. The average molecular weight is 532 g/mol. The number of carbonyl (C=O) groups is 2. The molecule has 14 heteroatoms. The zero-order valence-electron chi connectivity index (χ0n) is 19.7. The average Bonchev–Trinajstić information content (AvgIpc) is 3.52. The Balaban J connectivity index is 1.61. The minimum Gasteiger partial charge on any atom is -0.497 e. The molecule has 4 rings (SSSR count). The van der Waals surface area contributed by atoms with Gasteiger partial charge < -0.3 is 14.8 Å². The Hall–Kier alpha value is -4.88. The molecule has 0 aliphatic heterocycles. The number of benzene rings is 2. The van der Waals surface area contributed by atoms with Gasteiger partial charge in [0.15, 0.2) is 11.6 Å². The fraction of sp³-hybridized carbons (Fsp3) is 0.167. The largest absolute Gasteiger partial charge is 0.497 e. The van der Waals surface area contributed by atoms with E-state index in [4.69, 9.17) is 4.74 Å². The Kier molecular flexibility index (Phi) is 7.89. The molecule has 2 aromatic heterocycles. The van der Waals surface area contributed by atoms with Crippen molar-refractivity contribution in [1.29, 1.82) is 0 Å². The summed E-state index contributed by atoms with van der Waals surface area (Å²) in [7, 11) is 1.24. The van der Waals surface area contributed by atoms with Crippen molar-refractivity contribution in [3.8, 4) is 17.2 Å². The van der Waals surface area contributed by atoms with Crippen LogP contribution in [0.2, 0.25) is 0 Å². The third-order valence-electron chi connectivity index (χ3n) is 5.17. The van der Waals surface area contributed by atoms with Crippen molar-refractivity contribution in [2.75, 3.05) is 12.4 Å². The summed E-state index contributed by atoms with van der Waals surface area (Å²) in [4.78, 5) is 29.4. The van der Waals surface area contributed by atoms with Crippen molar-refractivity contribution >= 4 is 17.8 Å². The van der Waals surface area contributed by atoms with Crippen LogP contribution in [0.3, 0.4) is 0 Å². The number of rotatable bonds is 10. The van der Waals surface area contributed by atoms with Crippen LogP contribution in [0.25, 0.3) is 5.69 Å². The van der Waals surface area contributed by atoms with Crippen LogP contribution in [0.15, 0.2) is 54.9 Å². The van der Waals surface area contributed by atoms with Crippen LogP contribution in [-0.4, -0.2) is 45.3 Å². The summed E-state index contributed by atoms with van der Waals surface area (Å²) in [5.74, 6) is -3.76. The summed E-state index contributed by atoms with van der Waals surface area (Å²) in [5, 5.41) is 11.6. The molecule has 0 bridgehead atoms. The monoisotopic (exact) mass is 532 g/mol.